The Kier molecular flexibility index (Phi) is 4.24. The van der Waals surface area contributed by atoms with Crippen molar-refractivity contribution in [2.24, 2.45) is 11.8 Å². The molecule has 0 saturated carbocycles. The highest BCUT2D eigenvalue weighted by Crippen LogP contribution is 2.25. The van der Waals surface area contributed by atoms with Crippen LogP contribution in [-0.4, -0.2) is 24.0 Å². The Morgan fingerprint density at radius 1 is 1.15 bits per heavy atom. The van der Waals surface area contributed by atoms with Gasteiger partial charge in [-0.25, -0.2) is 0 Å². The van der Waals surface area contributed by atoms with Gasteiger partial charge >= 0.3 is 0 Å². The first-order valence-corrected chi connectivity index (χ1v) is 5.89. The smallest absolute Gasteiger partial charge is 0.00643 e. The van der Waals surface area contributed by atoms with E-state index in [0.717, 1.165) is 17.9 Å². The Bertz CT molecular complexity index is 134. The van der Waals surface area contributed by atoms with Crippen LogP contribution in [0.15, 0.2) is 0 Å². The van der Waals surface area contributed by atoms with E-state index in [9.17, 15) is 0 Å². The molecule has 1 aliphatic heterocycles. The molecule has 1 rings (SSSR count). The zero-order valence-electron chi connectivity index (χ0n) is 9.71. The van der Waals surface area contributed by atoms with Gasteiger partial charge in [0.25, 0.3) is 0 Å². The van der Waals surface area contributed by atoms with Gasteiger partial charge in [-0.05, 0) is 51.1 Å². The Labute approximate surface area is 83.5 Å². The Morgan fingerprint density at radius 2 is 1.69 bits per heavy atom. The van der Waals surface area contributed by atoms with Crippen LogP contribution < -0.4 is 0 Å². The summed E-state index contributed by atoms with van der Waals surface area (Å²) in [5.74, 6) is 1.87. The number of rotatable bonds is 3. The molecule has 0 aromatic heterocycles. The van der Waals surface area contributed by atoms with Gasteiger partial charge in [-0.15, -0.1) is 0 Å². The third-order valence-corrected chi connectivity index (χ3v) is 3.73. The molecule has 13 heavy (non-hydrogen) atoms. The summed E-state index contributed by atoms with van der Waals surface area (Å²) in [4.78, 5) is 2.65. The molecule has 1 heteroatoms. The van der Waals surface area contributed by atoms with Gasteiger partial charge in [-0.2, -0.15) is 0 Å². The highest BCUT2D eigenvalue weighted by Gasteiger charge is 2.23. The van der Waals surface area contributed by atoms with Gasteiger partial charge in [0, 0.05) is 6.04 Å². The third kappa shape index (κ3) is 2.98. The fraction of sp³-hybridized carbons (Fsp3) is 1.00. The second-order valence-corrected chi connectivity index (χ2v) is 4.87. The minimum absolute atomic E-state index is 0.799. The first kappa shape index (κ1) is 11.0. The van der Waals surface area contributed by atoms with E-state index in [-0.39, 0.29) is 0 Å². The highest BCUT2D eigenvalue weighted by molar-refractivity contribution is 4.76. The average molecular weight is 183 g/mol. The van der Waals surface area contributed by atoms with Crippen LogP contribution in [0.25, 0.3) is 0 Å². The molecule has 1 heterocycles. The molecule has 0 spiro atoms. The maximum atomic E-state index is 2.65. The molecular weight excluding hydrogens is 158 g/mol. The lowest BCUT2D eigenvalue weighted by molar-refractivity contribution is 0.120. The van der Waals surface area contributed by atoms with Gasteiger partial charge < -0.3 is 4.90 Å². The maximum Gasteiger partial charge on any atom is 0.00643 e. The lowest BCUT2D eigenvalue weighted by Crippen LogP contribution is -2.40. The fourth-order valence-electron chi connectivity index (χ4n) is 2.29. The van der Waals surface area contributed by atoms with E-state index in [1.54, 1.807) is 0 Å². The molecule has 0 radical (unpaired) electrons. The van der Waals surface area contributed by atoms with Crippen molar-refractivity contribution in [3.8, 4) is 0 Å². The van der Waals surface area contributed by atoms with Crippen LogP contribution in [-0.2, 0) is 0 Å². The standard InChI is InChI=1S/C12H25N/c1-5-11(4)13-8-6-12(7-9-13)10(2)3/h10-12H,5-9H2,1-4H3/t11-/m1/s1. The zero-order valence-corrected chi connectivity index (χ0v) is 9.71. The molecule has 1 saturated heterocycles. The van der Waals surface area contributed by atoms with E-state index >= 15 is 0 Å². The van der Waals surface area contributed by atoms with Crippen molar-refractivity contribution in [2.75, 3.05) is 13.1 Å². The predicted molar refractivity (Wildman–Crippen MR) is 58.9 cm³/mol. The first-order valence-electron chi connectivity index (χ1n) is 5.89. The monoisotopic (exact) mass is 183 g/mol. The van der Waals surface area contributed by atoms with E-state index in [2.05, 4.69) is 32.6 Å². The molecule has 1 atom stereocenters. The van der Waals surface area contributed by atoms with Crippen molar-refractivity contribution in [1.82, 2.24) is 4.90 Å². The van der Waals surface area contributed by atoms with E-state index in [1.807, 2.05) is 0 Å². The van der Waals surface area contributed by atoms with Gasteiger partial charge in [0.1, 0.15) is 0 Å². The Balaban J connectivity index is 2.30. The predicted octanol–water partition coefficient (Wildman–Crippen LogP) is 3.15. The fourth-order valence-corrected chi connectivity index (χ4v) is 2.29. The Morgan fingerprint density at radius 3 is 2.08 bits per heavy atom. The van der Waals surface area contributed by atoms with Crippen molar-refractivity contribution < 1.29 is 0 Å². The summed E-state index contributed by atoms with van der Waals surface area (Å²) in [5, 5.41) is 0. The molecule has 0 aliphatic carbocycles. The number of nitrogens with zero attached hydrogens (tertiary/aromatic N) is 1. The van der Waals surface area contributed by atoms with Crippen LogP contribution in [0.3, 0.4) is 0 Å². The summed E-state index contributed by atoms with van der Waals surface area (Å²) in [7, 11) is 0. The third-order valence-electron chi connectivity index (χ3n) is 3.73. The molecule has 0 N–H and O–H groups in total. The summed E-state index contributed by atoms with van der Waals surface area (Å²) in [5.41, 5.74) is 0. The summed E-state index contributed by atoms with van der Waals surface area (Å²) >= 11 is 0. The molecule has 78 valence electrons. The van der Waals surface area contributed by atoms with Gasteiger partial charge in [-0.3, -0.25) is 0 Å². The largest absolute Gasteiger partial charge is 0.301 e. The molecule has 0 unspecified atom stereocenters. The lowest BCUT2D eigenvalue weighted by atomic mass is 9.86. The maximum absolute atomic E-state index is 2.65. The molecule has 1 nitrogen and oxygen atoms in total. The normalized spacial score (nSPS) is 23.8. The summed E-state index contributed by atoms with van der Waals surface area (Å²) in [6.07, 6.45) is 4.14. The van der Waals surface area contributed by atoms with Crippen LogP contribution in [0.1, 0.15) is 47.0 Å². The summed E-state index contributed by atoms with van der Waals surface area (Å²) < 4.78 is 0. The zero-order chi connectivity index (χ0) is 9.84. The van der Waals surface area contributed by atoms with Gasteiger partial charge in [0.2, 0.25) is 0 Å². The molecule has 1 aliphatic rings. The van der Waals surface area contributed by atoms with Gasteiger partial charge in [-0.1, -0.05) is 20.8 Å². The van der Waals surface area contributed by atoms with Crippen LogP contribution in [0.5, 0.6) is 0 Å². The summed E-state index contributed by atoms with van der Waals surface area (Å²) in [6, 6.07) is 0.799. The average Bonchev–Trinajstić information content (AvgIpc) is 2.17. The van der Waals surface area contributed by atoms with Crippen LogP contribution in [0, 0.1) is 11.8 Å². The summed E-state index contributed by atoms with van der Waals surface area (Å²) in [6.45, 7) is 12.0. The molecule has 0 aromatic rings. The van der Waals surface area contributed by atoms with E-state index in [0.29, 0.717) is 0 Å². The Hall–Kier alpha value is -0.0400. The van der Waals surface area contributed by atoms with Crippen LogP contribution in [0.2, 0.25) is 0 Å². The number of piperidine rings is 1. The number of likely N-dealkylation sites (tertiary alicyclic amines) is 1. The quantitative estimate of drug-likeness (QED) is 0.649. The first-order chi connectivity index (χ1) is 6.15. The van der Waals surface area contributed by atoms with Crippen LogP contribution in [0.4, 0.5) is 0 Å². The molecule has 1 fully saturated rings. The SMILES string of the molecule is CC[C@@H](C)N1CCC(C(C)C)CC1. The molecule has 0 bridgehead atoms. The molecule has 0 aromatic carbocycles. The van der Waals surface area contributed by atoms with Crippen molar-refractivity contribution in [2.45, 2.75) is 53.0 Å². The second-order valence-electron chi connectivity index (χ2n) is 4.87. The topological polar surface area (TPSA) is 3.24 Å². The number of hydrogen-bond acceptors (Lipinski definition) is 1. The number of hydrogen-bond donors (Lipinski definition) is 0. The van der Waals surface area contributed by atoms with Gasteiger partial charge in [0.05, 0.1) is 0 Å². The minimum atomic E-state index is 0.799. The van der Waals surface area contributed by atoms with Crippen LogP contribution >= 0.6 is 0 Å². The van der Waals surface area contributed by atoms with E-state index in [4.69, 9.17) is 0 Å². The van der Waals surface area contributed by atoms with E-state index in [1.165, 1.54) is 32.4 Å². The molecule has 0 amide bonds. The van der Waals surface area contributed by atoms with Crippen molar-refractivity contribution in [3.63, 3.8) is 0 Å². The van der Waals surface area contributed by atoms with Crippen molar-refractivity contribution in [3.05, 3.63) is 0 Å². The van der Waals surface area contributed by atoms with Crippen molar-refractivity contribution >= 4 is 0 Å². The molecular formula is C12H25N. The van der Waals surface area contributed by atoms with Gasteiger partial charge in [0.15, 0.2) is 0 Å². The second kappa shape index (κ2) is 4.99. The highest BCUT2D eigenvalue weighted by atomic mass is 15.2. The van der Waals surface area contributed by atoms with E-state index < -0.39 is 0 Å². The minimum Gasteiger partial charge on any atom is -0.301 e. The lowest BCUT2D eigenvalue weighted by Gasteiger charge is -2.37. The van der Waals surface area contributed by atoms with Crippen molar-refractivity contribution in [1.29, 1.82) is 0 Å².